The van der Waals surface area contributed by atoms with Crippen molar-refractivity contribution in [3.8, 4) is 61.3 Å². The molecule has 1 heterocycles. The summed E-state index contributed by atoms with van der Waals surface area (Å²) in [6, 6.07) is 102. The van der Waals surface area contributed by atoms with Crippen molar-refractivity contribution in [2.45, 2.75) is 0 Å². The number of benzene rings is 12. The lowest BCUT2D eigenvalue weighted by molar-refractivity contribution is 1.18. The van der Waals surface area contributed by atoms with Crippen molar-refractivity contribution >= 4 is 60.4 Å². The molecule has 0 bridgehead atoms. The topological polar surface area (TPSA) is 8.17 Å². The zero-order chi connectivity index (χ0) is 46.4. The maximum atomic E-state index is 2.44. The molecule has 0 radical (unpaired) electrons. The highest BCUT2D eigenvalue weighted by molar-refractivity contribution is 6.10. The summed E-state index contributed by atoms with van der Waals surface area (Å²) in [6.07, 6.45) is 0. The van der Waals surface area contributed by atoms with Gasteiger partial charge < -0.3 is 9.47 Å². The van der Waals surface area contributed by atoms with Crippen LogP contribution in [0, 0.1) is 0 Å². The quantitative estimate of drug-likeness (QED) is 0.131. The maximum Gasteiger partial charge on any atom is 0.0546 e. The summed E-state index contributed by atoms with van der Waals surface area (Å²) in [6.45, 7) is 0. The van der Waals surface area contributed by atoms with E-state index in [1.807, 2.05) is 0 Å². The first-order valence-electron chi connectivity index (χ1n) is 24.1. The number of hydrogen-bond donors (Lipinski definition) is 0. The van der Waals surface area contributed by atoms with Crippen LogP contribution in [-0.4, -0.2) is 4.57 Å². The van der Waals surface area contributed by atoms with Gasteiger partial charge in [-0.1, -0.05) is 218 Å². The van der Waals surface area contributed by atoms with Gasteiger partial charge in [0.15, 0.2) is 0 Å². The van der Waals surface area contributed by atoms with E-state index in [-0.39, 0.29) is 0 Å². The van der Waals surface area contributed by atoms with Crippen LogP contribution in [-0.2, 0) is 0 Å². The number of aromatic nitrogens is 1. The van der Waals surface area contributed by atoms with Crippen LogP contribution in [0.25, 0.3) is 105 Å². The van der Waals surface area contributed by atoms with E-state index in [1.54, 1.807) is 0 Å². The third-order valence-electron chi connectivity index (χ3n) is 14.0. The Morgan fingerprint density at radius 1 is 0.257 bits per heavy atom. The molecule has 1 aromatic heterocycles. The lowest BCUT2D eigenvalue weighted by atomic mass is 9.87. The Kier molecular flexibility index (Phi) is 10.2. The molecule has 0 fully saturated rings. The predicted octanol–water partition coefficient (Wildman–Crippen LogP) is 18.9. The third-order valence-corrected chi connectivity index (χ3v) is 14.0. The maximum absolute atomic E-state index is 2.44. The average molecular weight is 891 g/mol. The first-order chi connectivity index (χ1) is 34.7. The number of nitrogens with zero attached hydrogens (tertiary/aromatic N) is 2. The molecule has 0 spiro atoms. The van der Waals surface area contributed by atoms with Gasteiger partial charge in [-0.2, -0.15) is 0 Å². The van der Waals surface area contributed by atoms with Crippen LogP contribution in [0.5, 0.6) is 0 Å². The van der Waals surface area contributed by atoms with Gasteiger partial charge in [0.2, 0.25) is 0 Å². The van der Waals surface area contributed by atoms with Gasteiger partial charge in [0.25, 0.3) is 0 Å². The summed E-state index contributed by atoms with van der Waals surface area (Å²) in [4.78, 5) is 2.44. The summed E-state index contributed by atoms with van der Waals surface area (Å²) >= 11 is 0. The van der Waals surface area contributed by atoms with E-state index in [2.05, 4.69) is 289 Å². The van der Waals surface area contributed by atoms with Crippen molar-refractivity contribution in [3.63, 3.8) is 0 Å². The molecule has 0 atom stereocenters. The summed E-state index contributed by atoms with van der Waals surface area (Å²) < 4.78 is 2.37. The van der Waals surface area contributed by atoms with E-state index in [0.29, 0.717) is 0 Å². The molecule has 328 valence electrons. The van der Waals surface area contributed by atoms with Crippen LogP contribution in [0.3, 0.4) is 0 Å². The number of rotatable bonds is 9. The Labute approximate surface area is 408 Å². The number of anilines is 3. The van der Waals surface area contributed by atoms with Gasteiger partial charge >= 0.3 is 0 Å². The van der Waals surface area contributed by atoms with E-state index >= 15 is 0 Å². The van der Waals surface area contributed by atoms with E-state index in [9.17, 15) is 0 Å². The number of fused-ring (bicyclic) bond motifs is 6. The van der Waals surface area contributed by atoms with Gasteiger partial charge in [-0.05, 0) is 132 Å². The van der Waals surface area contributed by atoms with Gasteiger partial charge in [0, 0.05) is 33.4 Å². The Bertz CT molecular complexity index is 3970. The summed E-state index contributed by atoms with van der Waals surface area (Å²) in [5.41, 5.74) is 18.5. The minimum Gasteiger partial charge on any atom is -0.310 e. The molecule has 12 aromatic carbocycles. The highest BCUT2D eigenvalue weighted by Crippen LogP contribution is 2.48. The first-order valence-corrected chi connectivity index (χ1v) is 24.1. The molecule has 0 amide bonds. The third kappa shape index (κ3) is 7.22. The fraction of sp³-hybridized carbons (Fsp3) is 0. The second kappa shape index (κ2) is 17.4. The number of hydrogen-bond acceptors (Lipinski definition) is 1. The molecular weight excluding hydrogens is 845 g/mol. The van der Waals surface area contributed by atoms with Crippen LogP contribution in [0.2, 0.25) is 0 Å². The molecule has 0 saturated carbocycles. The minimum absolute atomic E-state index is 1.07. The normalized spacial score (nSPS) is 11.4. The van der Waals surface area contributed by atoms with Crippen molar-refractivity contribution in [3.05, 3.63) is 279 Å². The molecule has 0 saturated heterocycles. The molecule has 0 unspecified atom stereocenters. The molecular formula is C68H46N2. The largest absolute Gasteiger partial charge is 0.310 e. The second-order valence-electron chi connectivity index (χ2n) is 18.0. The number of para-hydroxylation sites is 2. The van der Waals surface area contributed by atoms with Gasteiger partial charge in [0.05, 0.1) is 16.7 Å². The molecule has 0 N–H and O–H groups in total. The molecule has 0 aliphatic heterocycles. The lowest BCUT2D eigenvalue weighted by Crippen LogP contribution is -2.12. The van der Waals surface area contributed by atoms with Crippen molar-refractivity contribution in [1.82, 2.24) is 4.57 Å². The molecule has 2 heteroatoms. The van der Waals surface area contributed by atoms with E-state index in [0.717, 1.165) is 28.3 Å². The molecule has 70 heavy (non-hydrogen) atoms. The molecule has 0 aliphatic carbocycles. The summed E-state index contributed by atoms with van der Waals surface area (Å²) in [5.74, 6) is 0. The van der Waals surface area contributed by atoms with Gasteiger partial charge in [-0.15, -0.1) is 0 Å². The smallest absolute Gasteiger partial charge is 0.0546 e. The fourth-order valence-electron chi connectivity index (χ4n) is 10.7. The Morgan fingerprint density at radius 2 is 0.714 bits per heavy atom. The monoisotopic (exact) mass is 890 g/mol. The zero-order valence-corrected chi connectivity index (χ0v) is 38.5. The van der Waals surface area contributed by atoms with Crippen LogP contribution >= 0.6 is 0 Å². The Morgan fingerprint density at radius 3 is 1.36 bits per heavy atom. The molecule has 13 aromatic rings. The van der Waals surface area contributed by atoms with Crippen LogP contribution in [0.4, 0.5) is 17.1 Å². The van der Waals surface area contributed by atoms with E-state index in [4.69, 9.17) is 0 Å². The average Bonchev–Trinajstić information content (AvgIpc) is 3.78. The highest BCUT2D eigenvalue weighted by Gasteiger charge is 2.23. The minimum atomic E-state index is 1.07. The summed E-state index contributed by atoms with van der Waals surface area (Å²) in [5, 5.41) is 7.58. The first kappa shape index (κ1) is 41.0. The second-order valence-corrected chi connectivity index (χ2v) is 18.0. The Balaban J connectivity index is 0.944. The van der Waals surface area contributed by atoms with E-state index < -0.39 is 0 Å². The predicted molar refractivity (Wildman–Crippen MR) is 298 cm³/mol. The zero-order valence-electron chi connectivity index (χ0n) is 38.5. The van der Waals surface area contributed by atoms with E-state index in [1.165, 1.54) is 93.4 Å². The van der Waals surface area contributed by atoms with Crippen molar-refractivity contribution in [2.75, 3.05) is 4.90 Å². The van der Waals surface area contributed by atoms with Crippen molar-refractivity contribution in [2.24, 2.45) is 0 Å². The van der Waals surface area contributed by atoms with Gasteiger partial charge in [-0.25, -0.2) is 0 Å². The molecule has 13 rings (SSSR count). The molecule has 2 nitrogen and oxygen atoms in total. The van der Waals surface area contributed by atoms with Gasteiger partial charge in [-0.3, -0.25) is 0 Å². The lowest BCUT2D eigenvalue weighted by Gasteiger charge is -2.30. The highest BCUT2D eigenvalue weighted by atomic mass is 15.1. The van der Waals surface area contributed by atoms with Crippen molar-refractivity contribution < 1.29 is 0 Å². The van der Waals surface area contributed by atoms with Crippen LogP contribution in [0.1, 0.15) is 0 Å². The summed E-state index contributed by atoms with van der Waals surface area (Å²) in [7, 11) is 0. The van der Waals surface area contributed by atoms with Crippen LogP contribution < -0.4 is 4.90 Å². The van der Waals surface area contributed by atoms with Gasteiger partial charge in [0.1, 0.15) is 0 Å². The standard InChI is InChI=1S/C68H46N2/c1-3-16-50(17-4-1)59-22-9-10-25-64(59)68-61(51-18-5-2-6-19-51)26-15-29-67(68)69(56-41-36-49(37-42-56)53-38-45-60-54(46-53)31-30-52-20-7-8-21-58(52)60)55-39-32-47(33-40-55)48-34-43-57(44-35-48)70-65-27-13-11-23-62(65)63-24-12-14-28-66(63)70/h1-46H. The van der Waals surface area contributed by atoms with Crippen LogP contribution in [0.15, 0.2) is 279 Å². The van der Waals surface area contributed by atoms with Crippen molar-refractivity contribution in [1.29, 1.82) is 0 Å². The Hall–Kier alpha value is -9.24. The fourth-order valence-corrected chi connectivity index (χ4v) is 10.7. The molecule has 0 aliphatic rings. The SMILES string of the molecule is c1ccc(-c2ccccc2-c2c(-c3ccccc3)cccc2N(c2ccc(-c3ccc(-n4c5ccccc5c5ccccc54)cc3)cc2)c2ccc(-c3ccc4c(ccc5ccccc54)c3)cc2)cc1.